The van der Waals surface area contributed by atoms with Crippen LogP contribution in [-0.4, -0.2) is 13.1 Å². The SMILES string of the molecule is CCC1CCCC(C(NC)C2=CCCCCC2)C1. The van der Waals surface area contributed by atoms with Gasteiger partial charge in [0.1, 0.15) is 0 Å². The summed E-state index contributed by atoms with van der Waals surface area (Å²) in [5.41, 5.74) is 1.73. The fourth-order valence-corrected chi connectivity index (χ4v) is 4.05. The van der Waals surface area contributed by atoms with Crippen molar-refractivity contribution in [3.8, 4) is 0 Å². The van der Waals surface area contributed by atoms with Gasteiger partial charge in [-0.2, -0.15) is 0 Å². The van der Waals surface area contributed by atoms with Gasteiger partial charge in [-0.15, -0.1) is 0 Å². The Morgan fingerprint density at radius 1 is 1.22 bits per heavy atom. The Balaban J connectivity index is 2.00. The zero-order chi connectivity index (χ0) is 12.8. The van der Waals surface area contributed by atoms with Gasteiger partial charge in [0.15, 0.2) is 0 Å². The van der Waals surface area contributed by atoms with Crippen LogP contribution in [-0.2, 0) is 0 Å². The molecule has 1 nitrogen and oxygen atoms in total. The average Bonchev–Trinajstić information content (AvgIpc) is 2.69. The molecule has 1 heteroatoms. The van der Waals surface area contributed by atoms with Gasteiger partial charge in [0, 0.05) is 6.04 Å². The van der Waals surface area contributed by atoms with Gasteiger partial charge >= 0.3 is 0 Å². The lowest BCUT2D eigenvalue weighted by atomic mass is 9.74. The van der Waals surface area contributed by atoms with E-state index < -0.39 is 0 Å². The quantitative estimate of drug-likeness (QED) is 0.713. The molecule has 0 aromatic heterocycles. The van der Waals surface area contributed by atoms with E-state index in [1.807, 2.05) is 0 Å². The van der Waals surface area contributed by atoms with Gasteiger partial charge < -0.3 is 5.32 Å². The molecular weight excluding hydrogens is 218 g/mol. The molecule has 3 unspecified atom stereocenters. The number of nitrogens with one attached hydrogen (secondary N) is 1. The third-order valence-electron chi connectivity index (χ3n) is 5.16. The lowest BCUT2D eigenvalue weighted by Crippen LogP contribution is -2.38. The molecule has 3 atom stereocenters. The van der Waals surface area contributed by atoms with Crippen LogP contribution in [0.1, 0.15) is 71.1 Å². The minimum absolute atomic E-state index is 0.678. The maximum atomic E-state index is 3.65. The zero-order valence-corrected chi connectivity index (χ0v) is 12.4. The second-order valence-electron chi connectivity index (χ2n) is 6.35. The van der Waals surface area contributed by atoms with Gasteiger partial charge in [0.05, 0.1) is 0 Å². The smallest absolute Gasteiger partial charge is 0.0305 e. The third-order valence-corrected chi connectivity index (χ3v) is 5.16. The number of hydrogen-bond donors (Lipinski definition) is 1. The summed E-state index contributed by atoms with van der Waals surface area (Å²) < 4.78 is 0. The highest BCUT2D eigenvalue weighted by molar-refractivity contribution is 5.14. The number of hydrogen-bond acceptors (Lipinski definition) is 1. The molecule has 0 saturated heterocycles. The molecule has 0 bridgehead atoms. The first-order chi connectivity index (χ1) is 8.85. The molecule has 18 heavy (non-hydrogen) atoms. The lowest BCUT2D eigenvalue weighted by Gasteiger charge is -2.35. The van der Waals surface area contributed by atoms with Crippen LogP contribution < -0.4 is 5.32 Å². The zero-order valence-electron chi connectivity index (χ0n) is 12.4. The third kappa shape index (κ3) is 3.60. The first-order valence-corrected chi connectivity index (χ1v) is 8.21. The van der Waals surface area contributed by atoms with E-state index in [2.05, 4.69) is 25.4 Å². The standard InChI is InChI=1S/C17H31N/c1-3-14-9-8-12-16(13-14)17(18-2)15-10-6-4-5-7-11-15/h10,14,16-18H,3-9,11-13H2,1-2H3. The number of rotatable bonds is 4. The maximum absolute atomic E-state index is 3.65. The summed E-state index contributed by atoms with van der Waals surface area (Å²) in [7, 11) is 2.17. The van der Waals surface area contributed by atoms with Crippen LogP contribution in [0.2, 0.25) is 0 Å². The Kier molecular flexibility index (Phi) is 5.75. The van der Waals surface area contributed by atoms with Crippen molar-refractivity contribution in [1.82, 2.24) is 5.32 Å². The highest BCUT2D eigenvalue weighted by Crippen LogP contribution is 2.36. The maximum Gasteiger partial charge on any atom is 0.0305 e. The van der Waals surface area contributed by atoms with Crippen LogP contribution in [0.15, 0.2) is 11.6 Å². The van der Waals surface area contributed by atoms with Crippen molar-refractivity contribution in [3.05, 3.63) is 11.6 Å². The van der Waals surface area contributed by atoms with Crippen molar-refractivity contribution in [2.75, 3.05) is 7.05 Å². The molecule has 2 aliphatic rings. The minimum atomic E-state index is 0.678. The molecule has 0 spiro atoms. The van der Waals surface area contributed by atoms with Gasteiger partial charge in [-0.25, -0.2) is 0 Å². The van der Waals surface area contributed by atoms with Crippen LogP contribution >= 0.6 is 0 Å². The molecule has 0 amide bonds. The molecule has 0 aromatic rings. The van der Waals surface area contributed by atoms with E-state index in [0.29, 0.717) is 6.04 Å². The van der Waals surface area contributed by atoms with Crippen LogP contribution in [0.25, 0.3) is 0 Å². The van der Waals surface area contributed by atoms with Crippen molar-refractivity contribution >= 4 is 0 Å². The Bertz CT molecular complexity index is 269. The summed E-state index contributed by atoms with van der Waals surface area (Å²) >= 11 is 0. The molecule has 2 rings (SSSR count). The normalized spacial score (nSPS) is 31.6. The molecule has 2 aliphatic carbocycles. The predicted molar refractivity (Wildman–Crippen MR) is 79.8 cm³/mol. The Hall–Kier alpha value is -0.300. The summed E-state index contributed by atoms with van der Waals surface area (Å²) in [5.74, 6) is 1.89. The van der Waals surface area contributed by atoms with E-state index in [1.165, 1.54) is 64.2 Å². The van der Waals surface area contributed by atoms with E-state index in [1.54, 1.807) is 5.57 Å². The molecule has 0 aliphatic heterocycles. The van der Waals surface area contributed by atoms with Crippen molar-refractivity contribution < 1.29 is 0 Å². The monoisotopic (exact) mass is 249 g/mol. The molecular formula is C17H31N. The average molecular weight is 249 g/mol. The fourth-order valence-electron chi connectivity index (χ4n) is 4.05. The van der Waals surface area contributed by atoms with Crippen LogP contribution in [0.4, 0.5) is 0 Å². The summed E-state index contributed by atoms with van der Waals surface area (Å²) in [6, 6.07) is 0.678. The van der Waals surface area contributed by atoms with Crippen molar-refractivity contribution in [2.24, 2.45) is 11.8 Å². The van der Waals surface area contributed by atoms with Gasteiger partial charge in [-0.1, -0.05) is 44.3 Å². The van der Waals surface area contributed by atoms with Gasteiger partial charge in [0.2, 0.25) is 0 Å². The van der Waals surface area contributed by atoms with E-state index in [9.17, 15) is 0 Å². The molecule has 1 fully saturated rings. The van der Waals surface area contributed by atoms with Gasteiger partial charge in [-0.3, -0.25) is 0 Å². The van der Waals surface area contributed by atoms with Gasteiger partial charge in [0.25, 0.3) is 0 Å². The second kappa shape index (κ2) is 7.33. The highest BCUT2D eigenvalue weighted by Gasteiger charge is 2.28. The van der Waals surface area contributed by atoms with Gasteiger partial charge in [-0.05, 0) is 57.4 Å². The molecule has 0 heterocycles. The van der Waals surface area contributed by atoms with Crippen LogP contribution in [0.5, 0.6) is 0 Å². The summed E-state index contributed by atoms with van der Waals surface area (Å²) in [5, 5.41) is 3.65. The number of likely N-dealkylation sites (N-methyl/N-ethyl adjacent to an activating group) is 1. The van der Waals surface area contributed by atoms with Crippen LogP contribution in [0, 0.1) is 11.8 Å². The van der Waals surface area contributed by atoms with Crippen molar-refractivity contribution in [1.29, 1.82) is 0 Å². The highest BCUT2D eigenvalue weighted by atomic mass is 14.9. The molecule has 104 valence electrons. The van der Waals surface area contributed by atoms with E-state index in [4.69, 9.17) is 0 Å². The summed E-state index contributed by atoms with van der Waals surface area (Å²) in [4.78, 5) is 0. The molecule has 1 N–H and O–H groups in total. The Morgan fingerprint density at radius 3 is 2.89 bits per heavy atom. The lowest BCUT2D eigenvalue weighted by molar-refractivity contribution is 0.226. The summed E-state index contributed by atoms with van der Waals surface area (Å²) in [6.45, 7) is 2.37. The number of allylic oxidation sites excluding steroid dienone is 1. The van der Waals surface area contributed by atoms with E-state index >= 15 is 0 Å². The molecule has 0 radical (unpaired) electrons. The second-order valence-corrected chi connectivity index (χ2v) is 6.35. The van der Waals surface area contributed by atoms with Crippen molar-refractivity contribution in [2.45, 2.75) is 77.2 Å². The van der Waals surface area contributed by atoms with E-state index in [-0.39, 0.29) is 0 Å². The van der Waals surface area contributed by atoms with Crippen LogP contribution in [0.3, 0.4) is 0 Å². The molecule has 0 aromatic carbocycles. The predicted octanol–water partition coefficient (Wildman–Crippen LogP) is 4.68. The Labute approximate surface area is 113 Å². The van der Waals surface area contributed by atoms with Crippen molar-refractivity contribution in [3.63, 3.8) is 0 Å². The first kappa shape index (κ1) is 14.1. The minimum Gasteiger partial charge on any atom is -0.313 e. The largest absolute Gasteiger partial charge is 0.313 e. The fraction of sp³-hybridized carbons (Fsp3) is 0.882. The summed E-state index contributed by atoms with van der Waals surface area (Å²) in [6.07, 6.45) is 16.7. The molecule has 1 saturated carbocycles. The Morgan fingerprint density at radius 2 is 2.11 bits per heavy atom. The topological polar surface area (TPSA) is 12.0 Å². The first-order valence-electron chi connectivity index (χ1n) is 8.21. The van der Waals surface area contributed by atoms with E-state index in [0.717, 1.165) is 11.8 Å².